The lowest BCUT2D eigenvalue weighted by Gasteiger charge is -2.43. The second-order valence-electron chi connectivity index (χ2n) is 10.1. The van der Waals surface area contributed by atoms with Crippen LogP contribution in [0.3, 0.4) is 0 Å². The number of carbonyl (C=O) groups excluding carboxylic acids is 2. The number of imide groups is 1. The molecule has 7 rings (SSSR count). The number of halogens is 4. The van der Waals surface area contributed by atoms with Crippen LogP contribution in [-0.4, -0.2) is 22.0 Å². The van der Waals surface area contributed by atoms with Crippen molar-refractivity contribution in [1.82, 2.24) is 4.98 Å². The molecule has 3 aromatic rings. The van der Waals surface area contributed by atoms with Crippen LogP contribution < -0.4 is 4.90 Å². The van der Waals surface area contributed by atoms with Crippen molar-refractivity contribution in [2.75, 3.05) is 4.90 Å². The number of amides is 2. The number of aromatic nitrogens is 1. The second-order valence-corrected chi connectivity index (χ2v) is 13.9. The highest BCUT2D eigenvalue weighted by atomic mass is 79.9. The second kappa shape index (κ2) is 8.27. The minimum Gasteiger partial charge on any atom is -0.332 e. The summed E-state index contributed by atoms with van der Waals surface area (Å²) in [5.41, 5.74) is 0.271. The van der Waals surface area contributed by atoms with Crippen molar-refractivity contribution in [3.05, 3.63) is 73.0 Å². The third kappa shape index (κ3) is 3.49. The Morgan fingerprint density at radius 2 is 1.73 bits per heavy atom. The highest BCUT2D eigenvalue weighted by molar-refractivity contribution is 9.10. The van der Waals surface area contributed by atoms with Gasteiger partial charge in [0.2, 0.25) is 11.8 Å². The normalized spacial score (nSPS) is 32.0. The van der Waals surface area contributed by atoms with Gasteiger partial charge in [-0.1, -0.05) is 34.1 Å². The summed E-state index contributed by atoms with van der Waals surface area (Å²) >= 11 is 12.3. The molecule has 4 nitrogen and oxygen atoms in total. The molecule has 1 saturated heterocycles. The molecule has 1 aromatic heterocycles. The average molecular weight is 624 g/mol. The van der Waals surface area contributed by atoms with Crippen LogP contribution in [0.15, 0.2) is 58.0 Å². The van der Waals surface area contributed by atoms with Crippen molar-refractivity contribution in [1.29, 1.82) is 0 Å². The number of rotatable bonds is 2. The number of alkyl halides is 3. The minimum atomic E-state index is -4.56. The molecule has 1 N–H and O–H groups in total. The quantitative estimate of drug-likeness (QED) is 0.241. The molecule has 2 aromatic carbocycles. The van der Waals surface area contributed by atoms with Crippen LogP contribution in [0.1, 0.15) is 28.3 Å². The fourth-order valence-corrected chi connectivity index (χ4v) is 10.7. The highest BCUT2D eigenvalue weighted by Gasteiger charge is 2.69. The first kappa shape index (κ1) is 24.1. The number of benzene rings is 2. The van der Waals surface area contributed by atoms with Gasteiger partial charge >= 0.3 is 6.18 Å². The van der Waals surface area contributed by atoms with Crippen molar-refractivity contribution in [2.45, 2.75) is 28.8 Å². The SMILES string of the molecule is O=C1C2C3CC(C2C(=O)N1c1cccc(C(F)(F)F)c1)C1C(c2ccc(Br)cc2)c2sc(=S)[nH]c2SC31. The summed E-state index contributed by atoms with van der Waals surface area (Å²) in [5, 5.41) is 1.14. The van der Waals surface area contributed by atoms with E-state index in [2.05, 4.69) is 33.0 Å². The molecule has 11 heteroatoms. The molecule has 2 amide bonds. The summed E-state index contributed by atoms with van der Waals surface area (Å²) in [7, 11) is 0. The van der Waals surface area contributed by atoms with E-state index in [-0.39, 0.29) is 46.4 Å². The van der Waals surface area contributed by atoms with Gasteiger partial charge < -0.3 is 4.98 Å². The van der Waals surface area contributed by atoms with Crippen molar-refractivity contribution >= 4 is 68.7 Å². The number of fused-ring (bicyclic) bond motifs is 9. The maximum Gasteiger partial charge on any atom is 0.416 e. The van der Waals surface area contributed by atoms with Crippen LogP contribution in [0.2, 0.25) is 0 Å². The summed E-state index contributed by atoms with van der Waals surface area (Å²) in [6.07, 6.45) is -3.79. The summed E-state index contributed by atoms with van der Waals surface area (Å²) in [4.78, 5) is 32.9. The zero-order valence-electron chi connectivity index (χ0n) is 18.9. The van der Waals surface area contributed by atoms with Crippen molar-refractivity contribution in [3.8, 4) is 0 Å². The van der Waals surface area contributed by atoms with Crippen molar-refractivity contribution in [2.24, 2.45) is 29.6 Å². The monoisotopic (exact) mass is 622 g/mol. The fraction of sp³-hybridized carbons (Fsp3) is 0.346. The van der Waals surface area contributed by atoms with Crippen LogP contribution in [0, 0.1) is 33.5 Å². The number of anilines is 1. The Balaban J connectivity index is 1.30. The molecule has 0 radical (unpaired) electrons. The third-order valence-electron chi connectivity index (χ3n) is 8.38. The molecule has 2 saturated carbocycles. The highest BCUT2D eigenvalue weighted by Crippen LogP contribution is 2.69. The van der Waals surface area contributed by atoms with Gasteiger partial charge in [0.25, 0.3) is 0 Å². The van der Waals surface area contributed by atoms with Gasteiger partial charge in [0.1, 0.15) is 0 Å². The number of nitrogens with one attached hydrogen (secondary N) is 1. The standard InChI is InChI=1S/C26H18BrF3N2O2S3/c27-12-6-4-10(5-7-12)16-17-14-9-15(20(17)36-22-21(16)37-25(35)31-22)19-18(14)23(33)32(24(19)34)13-3-1-2-11(8-13)26(28,29)30/h1-8,14-20H,9H2,(H,31,35). The molecule has 4 aliphatic rings. The molecule has 37 heavy (non-hydrogen) atoms. The Morgan fingerprint density at radius 1 is 1.03 bits per heavy atom. The van der Waals surface area contributed by atoms with E-state index in [1.165, 1.54) is 12.1 Å². The van der Waals surface area contributed by atoms with Crippen LogP contribution in [0.5, 0.6) is 0 Å². The number of thioether (sulfide) groups is 1. The van der Waals surface area contributed by atoms with E-state index in [4.69, 9.17) is 12.2 Å². The summed E-state index contributed by atoms with van der Waals surface area (Å²) in [5.74, 6) is -1.65. The number of H-pyrrole nitrogens is 1. The first-order valence-electron chi connectivity index (χ1n) is 11.8. The molecule has 2 bridgehead atoms. The van der Waals surface area contributed by atoms with Gasteiger partial charge in [-0.05, 0) is 72.3 Å². The Labute approximate surface area is 231 Å². The van der Waals surface area contributed by atoms with Crippen LogP contribution >= 0.6 is 51.2 Å². The van der Waals surface area contributed by atoms with Crippen molar-refractivity contribution < 1.29 is 22.8 Å². The number of aromatic amines is 1. The topological polar surface area (TPSA) is 53.2 Å². The molecule has 2 aliphatic heterocycles. The number of thiazole rings is 1. The van der Waals surface area contributed by atoms with Gasteiger partial charge in [0.15, 0.2) is 3.95 Å². The zero-order valence-corrected chi connectivity index (χ0v) is 22.9. The molecule has 7 atom stereocenters. The lowest BCUT2D eigenvalue weighted by molar-refractivity contribution is -0.137. The summed E-state index contributed by atoms with van der Waals surface area (Å²) in [6.45, 7) is 0. The predicted octanol–water partition coefficient (Wildman–Crippen LogP) is 7.26. The van der Waals surface area contributed by atoms with E-state index in [0.29, 0.717) is 3.95 Å². The molecule has 7 unspecified atom stereocenters. The smallest absolute Gasteiger partial charge is 0.332 e. The van der Waals surface area contributed by atoms with E-state index >= 15 is 0 Å². The lowest BCUT2D eigenvalue weighted by atomic mass is 9.68. The Bertz CT molecular complexity index is 1520. The Hall–Kier alpha value is -1.95. The third-order valence-corrected chi connectivity index (χ3v) is 11.9. The van der Waals surface area contributed by atoms with Gasteiger partial charge in [-0.3, -0.25) is 14.5 Å². The van der Waals surface area contributed by atoms with Gasteiger partial charge in [-0.25, -0.2) is 0 Å². The number of hydrogen-bond acceptors (Lipinski definition) is 5. The molecule has 3 fully saturated rings. The van der Waals surface area contributed by atoms with Gasteiger partial charge in [0, 0.05) is 20.5 Å². The number of nitrogens with zero attached hydrogens (tertiary/aromatic N) is 1. The maximum absolute atomic E-state index is 13.8. The number of carbonyl (C=O) groups is 2. The summed E-state index contributed by atoms with van der Waals surface area (Å²) in [6, 6.07) is 12.7. The largest absolute Gasteiger partial charge is 0.416 e. The van der Waals surface area contributed by atoms with Gasteiger partial charge in [0.05, 0.1) is 28.1 Å². The molecular formula is C26H18BrF3N2O2S3. The Kier molecular flexibility index (Phi) is 5.39. The average Bonchev–Trinajstić information content (AvgIpc) is 3.58. The van der Waals surface area contributed by atoms with Crippen LogP contribution in [-0.2, 0) is 15.8 Å². The first-order valence-corrected chi connectivity index (χ1v) is 14.7. The van der Waals surface area contributed by atoms with E-state index in [1.807, 2.05) is 12.1 Å². The fourth-order valence-electron chi connectivity index (χ4n) is 7.14. The van der Waals surface area contributed by atoms with Crippen molar-refractivity contribution in [3.63, 3.8) is 0 Å². The first-order chi connectivity index (χ1) is 17.6. The van der Waals surface area contributed by atoms with Crippen LogP contribution in [0.4, 0.5) is 18.9 Å². The van der Waals surface area contributed by atoms with E-state index in [9.17, 15) is 22.8 Å². The summed E-state index contributed by atoms with van der Waals surface area (Å²) < 4.78 is 41.8. The molecule has 190 valence electrons. The molecule has 0 spiro atoms. The predicted molar refractivity (Wildman–Crippen MR) is 141 cm³/mol. The zero-order chi connectivity index (χ0) is 25.8. The van der Waals surface area contributed by atoms with E-state index in [0.717, 1.165) is 43.4 Å². The van der Waals surface area contributed by atoms with E-state index < -0.39 is 23.6 Å². The van der Waals surface area contributed by atoms with Gasteiger partial charge in [-0.15, -0.1) is 23.1 Å². The lowest BCUT2D eigenvalue weighted by Crippen LogP contribution is -2.42. The molecule has 2 aliphatic carbocycles. The molecular weight excluding hydrogens is 605 g/mol. The number of hydrogen-bond donors (Lipinski definition) is 1. The van der Waals surface area contributed by atoms with E-state index in [1.54, 1.807) is 23.1 Å². The minimum absolute atomic E-state index is 0.00176. The van der Waals surface area contributed by atoms with Crippen LogP contribution in [0.25, 0.3) is 0 Å². The molecule has 3 heterocycles. The van der Waals surface area contributed by atoms with Gasteiger partial charge in [-0.2, -0.15) is 13.2 Å². The Morgan fingerprint density at radius 3 is 2.43 bits per heavy atom. The maximum atomic E-state index is 13.8.